The molecule has 11 heteroatoms. The number of hydrogen-bond acceptors (Lipinski definition) is 7. The van der Waals surface area contributed by atoms with Crippen molar-refractivity contribution in [1.29, 1.82) is 5.41 Å². The van der Waals surface area contributed by atoms with Crippen LogP contribution in [-0.4, -0.2) is 62.1 Å². The number of methoxy groups -OCH3 is 1. The lowest BCUT2D eigenvalue weighted by molar-refractivity contribution is 0.147. The molecule has 1 aromatic carbocycles. The fourth-order valence-corrected chi connectivity index (χ4v) is 4.76. The lowest BCUT2D eigenvalue weighted by atomic mass is 9.92. The van der Waals surface area contributed by atoms with Gasteiger partial charge in [0, 0.05) is 43.0 Å². The van der Waals surface area contributed by atoms with Crippen LogP contribution >= 0.6 is 11.6 Å². The molecular weight excluding hydrogens is 466 g/mol. The Hall–Kier alpha value is -2.98. The van der Waals surface area contributed by atoms with Crippen LogP contribution in [-0.2, 0) is 4.74 Å². The molecule has 0 bridgehead atoms. The third-order valence-corrected chi connectivity index (χ3v) is 6.39. The summed E-state index contributed by atoms with van der Waals surface area (Å²) < 4.78 is 41.4. The number of rotatable bonds is 5. The Morgan fingerprint density at radius 2 is 2.03 bits per heavy atom. The molecule has 182 valence electrons. The summed E-state index contributed by atoms with van der Waals surface area (Å²) in [7, 11) is 2.97. The zero-order valence-corrected chi connectivity index (χ0v) is 19.8. The van der Waals surface area contributed by atoms with Gasteiger partial charge in [0.25, 0.3) is 0 Å². The minimum Gasteiger partial charge on any atom is -0.480 e. The van der Waals surface area contributed by atoms with Crippen molar-refractivity contribution < 1.29 is 18.3 Å². The number of nitrogens with two attached hydrogens (primary N) is 2. The van der Waals surface area contributed by atoms with Crippen molar-refractivity contribution in [3.8, 4) is 17.1 Å². The van der Waals surface area contributed by atoms with E-state index in [-0.39, 0.29) is 50.6 Å². The third-order valence-electron chi connectivity index (χ3n) is 6.08. The molecule has 8 nitrogen and oxygen atoms in total. The second-order valence-electron chi connectivity index (χ2n) is 8.27. The number of aromatic nitrogens is 1. The number of pyridine rings is 1. The maximum atomic E-state index is 16.0. The highest BCUT2D eigenvalue weighted by Gasteiger charge is 2.35. The van der Waals surface area contributed by atoms with Crippen LogP contribution in [0.3, 0.4) is 0 Å². The van der Waals surface area contributed by atoms with Gasteiger partial charge >= 0.3 is 0 Å². The molecule has 0 radical (unpaired) electrons. The quantitative estimate of drug-likeness (QED) is 0.329. The molecule has 4 rings (SSSR count). The van der Waals surface area contributed by atoms with Gasteiger partial charge in [-0.15, -0.1) is 0 Å². The Bertz CT molecular complexity index is 1160. The zero-order valence-electron chi connectivity index (χ0n) is 19.1. The Kier molecular flexibility index (Phi) is 6.90. The average molecular weight is 493 g/mol. The first kappa shape index (κ1) is 24.2. The van der Waals surface area contributed by atoms with E-state index in [2.05, 4.69) is 9.98 Å². The van der Waals surface area contributed by atoms with Gasteiger partial charge in [-0.1, -0.05) is 11.6 Å². The van der Waals surface area contributed by atoms with Crippen LogP contribution in [0, 0.1) is 11.2 Å². The van der Waals surface area contributed by atoms with Gasteiger partial charge in [-0.2, -0.15) is 4.39 Å². The fourth-order valence-electron chi connectivity index (χ4n) is 4.40. The topological polar surface area (TPSA) is 123 Å². The summed E-state index contributed by atoms with van der Waals surface area (Å²) in [6.45, 7) is 2.28. The number of nitrogen functional groups attached to an aromatic ring is 2. The van der Waals surface area contributed by atoms with Crippen molar-refractivity contribution in [2.75, 3.05) is 51.9 Å². The van der Waals surface area contributed by atoms with Crippen molar-refractivity contribution in [1.82, 2.24) is 9.88 Å². The lowest BCUT2D eigenvalue weighted by Gasteiger charge is -2.26. The monoisotopic (exact) mass is 492 g/mol. The summed E-state index contributed by atoms with van der Waals surface area (Å²) in [5, 5.41) is 7.94. The Labute approximate surface area is 201 Å². The van der Waals surface area contributed by atoms with E-state index >= 15 is 4.39 Å². The molecule has 34 heavy (non-hydrogen) atoms. The minimum atomic E-state index is -1.31. The van der Waals surface area contributed by atoms with E-state index in [0.717, 1.165) is 19.3 Å². The van der Waals surface area contributed by atoms with Gasteiger partial charge in [-0.3, -0.25) is 10.4 Å². The SMILES string of the molecule is CN=C(c1c(OC)nc(-c2c(C(=N)F)c(N)cc(Cl)c2C2CC2)c(F)c1N)N1CCCOCC1. The molecule has 1 aromatic heterocycles. The summed E-state index contributed by atoms with van der Waals surface area (Å²) in [4.78, 5) is 10.7. The number of ether oxygens (including phenoxy) is 2. The van der Waals surface area contributed by atoms with Crippen molar-refractivity contribution >= 4 is 34.8 Å². The van der Waals surface area contributed by atoms with Crippen LogP contribution in [0.25, 0.3) is 11.3 Å². The minimum absolute atomic E-state index is 0.0147. The second-order valence-corrected chi connectivity index (χ2v) is 8.68. The van der Waals surface area contributed by atoms with Gasteiger partial charge in [-0.25, -0.2) is 9.37 Å². The van der Waals surface area contributed by atoms with Crippen molar-refractivity contribution in [3.63, 3.8) is 0 Å². The molecule has 0 unspecified atom stereocenters. The van der Waals surface area contributed by atoms with Crippen molar-refractivity contribution in [3.05, 3.63) is 33.6 Å². The summed E-state index contributed by atoms with van der Waals surface area (Å²) in [5.74, 6) is -1.76. The van der Waals surface area contributed by atoms with Crippen LogP contribution in [0.2, 0.25) is 5.02 Å². The number of anilines is 2. The summed E-state index contributed by atoms with van der Waals surface area (Å²) in [6.07, 6.45) is 2.36. The highest BCUT2D eigenvalue weighted by Crippen LogP contribution is 2.51. The van der Waals surface area contributed by atoms with Gasteiger partial charge in [-0.05, 0) is 36.8 Å². The standard InChI is InChI=1S/C23H27ClF2N6O2/c1-30-22(32-6-3-8-34-9-7-32)17-19(28)18(25)20(31-23(17)33-2)16-14(11-4-5-11)12(24)10-13(27)15(16)21(26)29/h10-11,29H,3-9,27H2,1-2H3,(H2,28,31). The van der Waals surface area contributed by atoms with E-state index in [0.29, 0.717) is 37.7 Å². The largest absolute Gasteiger partial charge is 0.480 e. The maximum absolute atomic E-state index is 16.0. The van der Waals surface area contributed by atoms with E-state index < -0.39 is 11.8 Å². The second kappa shape index (κ2) is 9.71. The third kappa shape index (κ3) is 4.27. The van der Waals surface area contributed by atoms with E-state index in [1.54, 1.807) is 7.05 Å². The normalized spacial score (nSPS) is 17.0. The van der Waals surface area contributed by atoms with Crippen molar-refractivity contribution in [2.45, 2.75) is 25.2 Å². The smallest absolute Gasteiger partial charge is 0.227 e. The number of nitrogens with zero attached hydrogens (tertiary/aromatic N) is 3. The van der Waals surface area contributed by atoms with Crippen LogP contribution in [0.1, 0.15) is 41.9 Å². The zero-order chi connectivity index (χ0) is 24.6. The molecule has 5 N–H and O–H groups in total. The number of benzene rings is 1. The first-order valence-electron chi connectivity index (χ1n) is 11.0. The van der Waals surface area contributed by atoms with Gasteiger partial charge in [0.15, 0.2) is 5.82 Å². The Morgan fingerprint density at radius 3 is 2.65 bits per heavy atom. The van der Waals surface area contributed by atoms with Crippen LogP contribution in [0.4, 0.5) is 20.2 Å². The molecule has 1 saturated heterocycles. The maximum Gasteiger partial charge on any atom is 0.227 e. The number of nitrogens with one attached hydrogen (secondary N) is 1. The number of hydrogen-bond donors (Lipinski definition) is 3. The molecular formula is C23H27ClF2N6O2. The predicted molar refractivity (Wildman–Crippen MR) is 129 cm³/mol. The van der Waals surface area contributed by atoms with E-state index in [9.17, 15) is 4.39 Å². The molecule has 0 spiro atoms. The number of aliphatic imine (C=N–C) groups is 1. The van der Waals surface area contributed by atoms with Gasteiger partial charge in [0.1, 0.15) is 17.1 Å². The van der Waals surface area contributed by atoms with Crippen molar-refractivity contribution in [2.24, 2.45) is 4.99 Å². The van der Waals surface area contributed by atoms with E-state index in [1.165, 1.54) is 13.2 Å². The van der Waals surface area contributed by atoms with Gasteiger partial charge in [0.2, 0.25) is 11.8 Å². The lowest BCUT2D eigenvalue weighted by Crippen LogP contribution is -2.35. The molecule has 1 saturated carbocycles. The first-order valence-corrected chi connectivity index (χ1v) is 11.4. The van der Waals surface area contributed by atoms with Crippen LogP contribution < -0.4 is 16.2 Å². The molecule has 2 heterocycles. The molecule has 0 atom stereocenters. The van der Waals surface area contributed by atoms with Gasteiger partial charge in [0.05, 0.1) is 25.0 Å². The molecule has 1 aliphatic carbocycles. The average Bonchev–Trinajstić information content (AvgIpc) is 3.64. The molecule has 2 aliphatic rings. The summed E-state index contributed by atoms with van der Waals surface area (Å²) in [5.41, 5.74) is 12.2. The molecule has 2 aromatic rings. The van der Waals surface area contributed by atoms with Gasteiger partial charge < -0.3 is 25.8 Å². The number of halogens is 3. The summed E-state index contributed by atoms with van der Waals surface area (Å²) >= 11 is 6.46. The predicted octanol–water partition coefficient (Wildman–Crippen LogP) is 3.99. The Balaban J connectivity index is 1.97. The molecule has 1 aliphatic heterocycles. The highest BCUT2D eigenvalue weighted by molar-refractivity contribution is 6.32. The highest BCUT2D eigenvalue weighted by atomic mass is 35.5. The molecule has 0 amide bonds. The number of amidine groups is 1. The van der Waals surface area contributed by atoms with E-state index in [1.807, 2.05) is 4.90 Å². The fraction of sp³-hybridized carbons (Fsp3) is 0.435. The van der Waals surface area contributed by atoms with Crippen LogP contribution in [0.5, 0.6) is 5.88 Å². The van der Waals surface area contributed by atoms with E-state index in [4.69, 9.17) is 38.0 Å². The Morgan fingerprint density at radius 1 is 1.29 bits per heavy atom. The first-order chi connectivity index (χ1) is 16.3. The molecule has 2 fully saturated rings. The summed E-state index contributed by atoms with van der Waals surface area (Å²) in [6, 6.07) is 1.39. The van der Waals surface area contributed by atoms with Crippen LogP contribution in [0.15, 0.2) is 11.1 Å².